The molecule has 5 nitrogen and oxygen atoms in total. The van der Waals surface area contributed by atoms with Gasteiger partial charge < -0.3 is 15.4 Å². The molecule has 0 bridgehead atoms. The molecule has 0 saturated heterocycles. The van der Waals surface area contributed by atoms with Gasteiger partial charge in [-0.3, -0.25) is 4.79 Å². The fraction of sp³-hybridized carbons (Fsp3) is 0.333. The molecule has 0 aliphatic rings. The molecule has 1 aromatic carbocycles. The first kappa shape index (κ1) is 15.0. The lowest BCUT2D eigenvalue weighted by Gasteiger charge is -2.17. The summed E-state index contributed by atoms with van der Waals surface area (Å²) in [5.41, 5.74) is 0.272. The Hall–Kier alpha value is -2.37. The molecule has 0 radical (unpaired) electrons. The Morgan fingerprint density at radius 2 is 2.00 bits per heavy atom. The summed E-state index contributed by atoms with van der Waals surface area (Å²) in [4.78, 5) is 25.9. The van der Waals surface area contributed by atoms with Gasteiger partial charge in [0.25, 0.3) is 0 Å². The number of aromatic nitrogens is 1. The van der Waals surface area contributed by atoms with Gasteiger partial charge in [-0.2, -0.15) is 0 Å². The van der Waals surface area contributed by atoms with Crippen molar-refractivity contribution in [3.8, 4) is 0 Å². The van der Waals surface area contributed by atoms with E-state index in [4.69, 9.17) is 0 Å². The Balaban J connectivity index is 2.41. The molecule has 3 N–H and O–H groups in total. The van der Waals surface area contributed by atoms with Crippen molar-refractivity contribution in [2.75, 3.05) is 0 Å². The zero-order valence-electron chi connectivity index (χ0n) is 12.1. The lowest BCUT2D eigenvalue weighted by Crippen LogP contribution is -2.34. The van der Waals surface area contributed by atoms with Gasteiger partial charge in [0.1, 0.15) is 11.5 Å². The Bertz CT molecular complexity index is 714. The number of rotatable bonds is 3. The number of carboxylic acid groups (broad SMARTS) is 1. The molecule has 0 atom stereocenters. The molecule has 21 heavy (non-hydrogen) atoms. The molecule has 0 fully saturated rings. The third-order valence-electron chi connectivity index (χ3n) is 3.19. The van der Waals surface area contributed by atoms with E-state index in [0.717, 1.165) is 0 Å². The predicted molar refractivity (Wildman–Crippen MR) is 76.5 cm³/mol. The van der Waals surface area contributed by atoms with Crippen LogP contribution in [0.15, 0.2) is 18.2 Å². The summed E-state index contributed by atoms with van der Waals surface area (Å²) in [5, 5.41) is 12.4. The lowest BCUT2D eigenvalue weighted by molar-refractivity contribution is -0.128. The normalized spacial score (nSPS) is 11.6. The fourth-order valence-electron chi connectivity index (χ4n) is 2.02. The maximum absolute atomic E-state index is 13.4. The van der Waals surface area contributed by atoms with Crippen molar-refractivity contribution in [1.82, 2.24) is 10.3 Å². The molecule has 0 unspecified atom stereocenters. The van der Waals surface area contributed by atoms with Crippen LogP contribution in [0, 0.1) is 11.2 Å². The summed E-state index contributed by atoms with van der Waals surface area (Å²) in [7, 11) is 0. The highest BCUT2D eigenvalue weighted by Gasteiger charge is 2.23. The summed E-state index contributed by atoms with van der Waals surface area (Å²) in [5.74, 6) is -1.81. The number of nitrogens with one attached hydrogen (secondary N) is 2. The van der Waals surface area contributed by atoms with Crippen LogP contribution in [0.5, 0.6) is 0 Å². The summed E-state index contributed by atoms with van der Waals surface area (Å²) in [6.45, 7) is 5.31. The van der Waals surface area contributed by atoms with Crippen molar-refractivity contribution < 1.29 is 19.1 Å². The first-order chi connectivity index (χ1) is 9.70. The summed E-state index contributed by atoms with van der Waals surface area (Å²) >= 11 is 0. The number of hydrogen-bond acceptors (Lipinski definition) is 2. The van der Waals surface area contributed by atoms with Gasteiger partial charge >= 0.3 is 5.97 Å². The highest BCUT2D eigenvalue weighted by Crippen LogP contribution is 2.24. The summed E-state index contributed by atoms with van der Waals surface area (Å²) in [6, 6.07) is 3.99. The number of aromatic amines is 1. The van der Waals surface area contributed by atoms with E-state index in [2.05, 4.69) is 10.3 Å². The minimum Gasteiger partial charge on any atom is -0.477 e. The van der Waals surface area contributed by atoms with Crippen LogP contribution in [-0.2, 0) is 11.3 Å². The van der Waals surface area contributed by atoms with Crippen LogP contribution >= 0.6 is 0 Å². The van der Waals surface area contributed by atoms with Crippen molar-refractivity contribution in [1.29, 1.82) is 0 Å². The van der Waals surface area contributed by atoms with Gasteiger partial charge in [0, 0.05) is 28.4 Å². The van der Waals surface area contributed by atoms with Gasteiger partial charge in [-0.1, -0.05) is 20.8 Å². The molecular weight excluding hydrogens is 275 g/mol. The lowest BCUT2D eigenvalue weighted by atomic mass is 9.95. The molecule has 0 aliphatic heterocycles. The first-order valence-corrected chi connectivity index (χ1v) is 6.52. The number of halogens is 1. The fourth-order valence-corrected chi connectivity index (χ4v) is 2.02. The maximum Gasteiger partial charge on any atom is 0.352 e. The number of amides is 1. The number of aromatic carboxylic acids is 1. The monoisotopic (exact) mass is 292 g/mol. The molecule has 1 heterocycles. The maximum atomic E-state index is 13.4. The second kappa shape index (κ2) is 5.20. The molecule has 0 spiro atoms. The second-order valence-electron chi connectivity index (χ2n) is 5.91. The predicted octanol–water partition coefficient (Wildman–Crippen LogP) is 2.67. The van der Waals surface area contributed by atoms with Crippen LogP contribution < -0.4 is 5.32 Å². The van der Waals surface area contributed by atoms with Gasteiger partial charge in [-0.25, -0.2) is 9.18 Å². The number of benzene rings is 1. The topological polar surface area (TPSA) is 82.2 Å². The van der Waals surface area contributed by atoms with Crippen molar-refractivity contribution in [2.45, 2.75) is 27.3 Å². The minimum absolute atomic E-state index is 0.0290. The Morgan fingerprint density at radius 1 is 1.33 bits per heavy atom. The van der Waals surface area contributed by atoms with Gasteiger partial charge in [-0.05, 0) is 18.2 Å². The number of carbonyl (C=O) groups excluding carboxylic acids is 1. The molecule has 0 saturated carbocycles. The molecular formula is C15H17FN2O3. The van der Waals surface area contributed by atoms with Gasteiger partial charge in [0.2, 0.25) is 5.91 Å². The molecule has 6 heteroatoms. The standard InChI is InChI=1S/C15H17FN2O3/c1-15(2,3)14(21)17-7-10-9-6-8(16)4-5-11(9)18-12(10)13(19)20/h4-6,18H,7H2,1-3H3,(H,17,21)(H,19,20). The van der Waals surface area contributed by atoms with Gasteiger partial charge in [0.05, 0.1) is 0 Å². The third kappa shape index (κ3) is 3.04. The van der Waals surface area contributed by atoms with E-state index >= 15 is 0 Å². The van der Waals surface area contributed by atoms with Crippen molar-refractivity contribution in [3.05, 3.63) is 35.3 Å². The molecule has 1 amide bonds. The van der Waals surface area contributed by atoms with Crippen molar-refractivity contribution in [2.24, 2.45) is 5.41 Å². The average Bonchev–Trinajstić information content (AvgIpc) is 2.72. The van der Waals surface area contributed by atoms with E-state index in [1.54, 1.807) is 20.8 Å². The Labute approximate surface area is 121 Å². The van der Waals surface area contributed by atoms with E-state index < -0.39 is 17.2 Å². The van der Waals surface area contributed by atoms with Crippen LogP contribution in [0.4, 0.5) is 4.39 Å². The molecule has 1 aromatic heterocycles. The highest BCUT2D eigenvalue weighted by atomic mass is 19.1. The zero-order chi connectivity index (χ0) is 15.8. The van der Waals surface area contributed by atoms with Crippen LogP contribution in [0.2, 0.25) is 0 Å². The summed E-state index contributed by atoms with van der Waals surface area (Å²) in [6.07, 6.45) is 0. The quantitative estimate of drug-likeness (QED) is 0.813. The van der Waals surface area contributed by atoms with E-state index in [1.807, 2.05) is 0 Å². The van der Waals surface area contributed by atoms with Crippen LogP contribution in [-0.4, -0.2) is 22.0 Å². The molecule has 2 aromatic rings. The van der Waals surface area contributed by atoms with E-state index in [9.17, 15) is 19.1 Å². The number of carbonyl (C=O) groups is 2. The second-order valence-corrected chi connectivity index (χ2v) is 5.91. The molecule has 0 aliphatic carbocycles. The Morgan fingerprint density at radius 3 is 2.57 bits per heavy atom. The number of fused-ring (bicyclic) bond motifs is 1. The zero-order valence-corrected chi connectivity index (χ0v) is 12.1. The van der Waals surface area contributed by atoms with Crippen molar-refractivity contribution in [3.63, 3.8) is 0 Å². The van der Waals surface area contributed by atoms with Crippen LogP contribution in [0.25, 0.3) is 10.9 Å². The van der Waals surface area contributed by atoms with Crippen molar-refractivity contribution >= 4 is 22.8 Å². The first-order valence-electron chi connectivity index (χ1n) is 6.52. The van der Waals surface area contributed by atoms with Gasteiger partial charge in [0.15, 0.2) is 0 Å². The summed E-state index contributed by atoms with van der Waals surface area (Å²) < 4.78 is 13.4. The highest BCUT2D eigenvalue weighted by molar-refractivity contribution is 5.97. The van der Waals surface area contributed by atoms with Gasteiger partial charge in [-0.15, -0.1) is 0 Å². The van der Waals surface area contributed by atoms with E-state index in [1.165, 1.54) is 18.2 Å². The SMILES string of the molecule is CC(C)(C)C(=O)NCc1c(C(=O)O)[nH]c2ccc(F)cc12. The van der Waals surface area contributed by atoms with Crippen LogP contribution in [0.3, 0.4) is 0 Å². The number of carboxylic acids is 1. The minimum atomic E-state index is -1.15. The third-order valence-corrected chi connectivity index (χ3v) is 3.19. The molecule has 2 rings (SSSR count). The Kier molecular flexibility index (Phi) is 3.72. The number of H-pyrrole nitrogens is 1. The van der Waals surface area contributed by atoms with E-state index in [0.29, 0.717) is 16.5 Å². The average molecular weight is 292 g/mol. The largest absolute Gasteiger partial charge is 0.477 e. The van der Waals surface area contributed by atoms with E-state index in [-0.39, 0.29) is 18.1 Å². The molecule has 112 valence electrons. The van der Waals surface area contributed by atoms with Crippen LogP contribution in [0.1, 0.15) is 36.8 Å². The smallest absolute Gasteiger partial charge is 0.352 e. The number of hydrogen-bond donors (Lipinski definition) is 3.